The normalized spacial score (nSPS) is 18.5. The number of hydrogen-bond acceptors (Lipinski definition) is 2. The number of unbranched alkanes of at least 4 members (excludes halogenated alkanes) is 7. The van der Waals surface area contributed by atoms with Gasteiger partial charge in [-0.25, -0.2) is 0 Å². The fourth-order valence-electron chi connectivity index (χ4n) is 5.75. The minimum Gasteiger partial charge on any atom is -0.375 e. The third kappa shape index (κ3) is 16.3. The molecule has 0 bridgehead atoms. The summed E-state index contributed by atoms with van der Waals surface area (Å²) in [6.07, 6.45) is 27.2. The maximum atomic E-state index is 6.56. The van der Waals surface area contributed by atoms with Gasteiger partial charge in [0.1, 0.15) is 0 Å². The fraction of sp³-hybridized carbons (Fsp3) is 1.00. The van der Waals surface area contributed by atoms with Gasteiger partial charge in [0.05, 0.1) is 12.2 Å². The summed E-state index contributed by atoms with van der Waals surface area (Å²) in [7, 11) is 0. The zero-order valence-electron chi connectivity index (χ0n) is 23.7. The Morgan fingerprint density at radius 2 is 1.12 bits per heavy atom. The lowest BCUT2D eigenvalue weighted by atomic mass is 9.90. The van der Waals surface area contributed by atoms with Crippen LogP contribution in [0.25, 0.3) is 0 Å². The van der Waals surface area contributed by atoms with E-state index in [9.17, 15) is 0 Å². The van der Waals surface area contributed by atoms with Crippen molar-refractivity contribution in [3.63, 3.8) is 0 Å². The van der Waals surface area contributed by atoms with Gasteiger partial charge in [0.15, 0.2) is 0 Å². The second-order valence-corrected chi connectivity index (χ2v) is 11.4. The minimum atomic E-state index is 0.438. The Labute approximate surface area is 210 Å². The summed E-state index contributed by atoms with van der Waals surface area (Å²) in [6, 6.07) is 0. The van der Waals surface area contributed by atoms with Gasteiger partial charge in [-0.05, 0) is 57.3 Å². The molecule has 2 unspecified atom stereocenters. The molecule has 0 aromatic carbocycles. The lowest BCUT2D eigenvalue weighted by molar-refractivity contribution is -0.0415. The third-order valence-electron chi connectivity index (χ3n) is 8.07. The lowest BCUT2D eigenvalue weighted by Gasteiger charge is -2.35. The first-order valence-corrected chi connectivity index (χ1v) is 15.5. The van der Waals surface area contributed by atoms with Gasteiger partial charge in [0, 0.05) is 19.6 Å². The summed E-state index contributed by atoms with van der Waals surface area (Å²) >= 11 is 0. The second-order valence-electron chi connectivity index (χ2n) is 11.4. The summed E-state index contributed by atoms with van der Waals surface area (Å²) in [4.78, 5) is 2.76. The number of rotatable bonds is 22. The molecule has 198 valence electrons. The van der Waals surface area contributed by atoms with Gasteiger partial charge in [0.2, 0.25) is 0 Å². The summed E-state index contributed by atoms with van der Waals surface area (Å²) in [5.41, 5.74) is 0. The molecule has 0 N–H and O–H groups in total. The molecule has 0 aliphatic carbocycles. The SMILES string of the molecule is CCCCCCC(CCCC)CN1CCC(O[C@@H](C)CCC(CCCC)CCCCC)CC1. The smallest absolute Gasteiger partial charge is 0.0603 e. The predicted molar refractivity (Wildman–Crippen MR) is 148 cm³/mol. The van der Waals surface area contributed by atoms with E-state index in [0.29, 0.717) is 12.2 Å². The molecule has 33 heavy (non-hydrogen) atoms. The van der Waals surface area contributed by atoms with Crippen LogP contribution < -0.4 is 0 Å². The van der Waals surface area contributed by atoms with E-state index < -0.39 is 0 Å². The van der Waals surface area contributed by atoms with Crippen molar-refractivity contribution >= 4 is 0 Å². The molecule has 2 heteroatoms. The molecule has 3 atom stereocenters. The molecule has 1 rings (SSSR count). The Kier molecular flexibility index (Phi) is 19.9. The average molecular weight is 466 g/mol. The van der Waals surface area contributed by atoms with Crippen molar-refractivity contribution in [1.82, 2.24) is 4.90 Å². The first-order valence-electron chi connectivity index (χ1n) is 15.5. The number of nitrogens with zero attached hydrogens (tertiary/aromatic N) is 1. The van der Waals surface area contributed by atoms with E-state index in [1.54, 1.807) is 0 Å². The Morgan fingerprint density at radius 1 is 0.606 bits per heavy atom. The predicted octanol–water partition coefficient (Wildman–Crippen LogP) is 9.80. The Bertz CT molecular complexity index is 404. The second kappa shape index (κ2) is 21.2. The topological polar surface area (TPSA) is 12.5 Å². The van der Waals surface area contributed by atoms with Crippen LogP contribution in [0.4, 0.5) is 0 Å². The molecule has 0 aromatic rings. The first kappa shape index (κ1) is 31.0. The molecule has 0 amide bonds. The van der Waals surface area contributed by atoms with E-state index in [1.165, 1.54) is 142 Å². The molecular weight excluding hydrogens is 402 g/mol. The standard InChI is InChI=1S/C31H63NO/c1-6-10-14-16-20-30(18-13-9-4)27-32-25-23-31(24-26-32)33-28(5)21-22-29(17-12-8-3)19-15-11-7-2/h28-31H,6-27H2,1-5H3/t28-,29?,30?/m0/s1. The molecule has 2 nitrogen and oxygen atoms in total. The van der Waals surface area contributed by atoms with E-state index in [2.05, 4.69) is 39.5 Å². The molecule has 1 aliphatic rings. The molecule has 1 fully saturated rings. The van der Waals surface area contributed by atoms with Gasteiger partial charge in [-0.3, -0.25) is 0 Å². The molecule has 0 saturated carbocycles. The van der Waals surface area contributed by atoms with Crippen LogP contribution in [0, 0.1) is 11.8 Å². The van der Waals surface area contributed by atoms with Crippen molar-refractivity contribution in [2.24, 2.45) is 11.8 Å². The summed E-state index contributed by atoms with van der Waals surface area (Å²) in [5, 5.41) is 0. The summed E-state index contributed by atoms with van der Waals surface area (Å²) in [5.74, 6) is 1.85. The van der Waals surface area contributed by atoms with Crippen LogP contribution >= 0.6 is 0 Å². The quantitative estimate of drug-likeness (QED) is 0.147. The van der Waals surface area contributed by atoms with Gasteiger partial charge in [0.25, 0.3) is 0 Å². The molecule has 0 radical (unpaired) electrons. The molecule has 1 aliphatic heterocycles. The van der Waals surface area contributed by atoms with Crippen molar-refractivity contribution in [3.05, 3.63) is 0 Å². The lowest BCUT2D eigenvalue weighted by Crippen LogP contribution is -2.40. The molecule has 0 spiro atoms. The largest absolute Gasteiger partial charge is 0.375 e. The van der Waals surface area contributed by atoms with Crippen LogP contribution in [-0.2, 0) is 4.74 Å². The zero-order valence-corrected chi connectivity index (χ0v) is 23.7. The van der Waals surface area contributed by atoms with E-state index in [1.807, 2.05) is 0 Å². The Morgan fingerprint density at radius 3 is 1.76 bits per heavy atom. The third-order valence-corrected chi connectivity index (χ3v) is 8.07. The fourth-order valence-corrected chi connectivity index (χ4v) is 5.75. The van der Waals surface area contributed by atoms with Crippen LogP contribution in [0.1, 0.15) is 157 Å². The van der Waals surface area contributed by atoms with Crippen molar-refractivity contribution in [1.29, 1.82) is 0 Å². The van der Waals surface area contributed by atoms with Crippen LogP contribution in [0.3, 0.4) is 0 Å². The first-order chi connectivity index (χ1) is 16.1. The van der Waals surface area contributed by atoms with Gasteiger partial charge in [-0.15, -0.1) is 0 Å². The van der Waals surface area contributed by atoms with Crippen LogP contribution in [0.2, 0.25) is 0 Å². The summed E-state index contributed by atoms with van der Waals surface area (Å²) in [6.45, 7) is 15.5. The maximum Gasteiger partial charge on any atom is 0.0603 e. The highest BCUT2D eigenvalue weighted by molar-refractivity contribution is 4.76. The highest BCUT2D eigenvalue weighted by atomic mass is 16.5. The van der Waals surface area contributed by atoms with Crippen LogP contribution in [-0.4, -0.2) is 36.7 Å². The van der Waals surface area contributed by atoms with Crippen molar-refractivity contribution < 1.29 is 4.74 Å². The maximum absolute atomic E-state index is 6.56. The molecule has 1 heterocycles. The van der Waals surface area contributed by atoms with Gasteiger partial charge < -0.3 is 9.64 Å². The average Bonchev–Trinajstić information content (AvgIpc) is 2.82. The van der Waals surface area contributed by atoms with E-state index in [4.69, 9.17) is 4.74 Å². The molecule has 1 saturated heterocycles. The van der Waals surface area contributed by atoms with Crippen molar-refractivity contribution in [2.75, 3.05) is 19.6 Å². The van der Waals surface area contributed by atoms with Crippen LogP contribution in [0.5, 0.6) is 0 Å². The van der Waals surface area contributed by atoms with Gasteiger partial charge >= 0.3 is 0 Å². The van der Waals surface area contributed by atoms with Gasteiger partial charge in [-0.2, -0.15) is 0 Å². The van der Waals surface area contributed by atoms with E-state index >= 15 is 0 Å². The Balaban J connectivity index is 2.29. The van der Waals surface area contributed by atoms with Crippen molar-refractivity contribution in [3.8, 4) is 0 Å². The Hall–Kier alpha value is -0.0800. The van der Waals surface area contributed by atoms with Gasteiger partial charge in [-0.1, -0.05) is 111 Å². The number of piperidine rings is 1. The zero-order chi connectivity index (χ0) is 24.2. The number of likely N-dealkylation sites (tertiary alicyclic amines) is 1. The number of hydrogen-bond donors (Lipinski definition) is 0. The van der Waals surface area contributed by atoms with Crippen molar-refractivity contribution in [2.45, 2.75) is 169 Å². The highest BCUT2D eigenvalue weighted by Gasteiger charge is 2.23. The molecular formula is C31H63NO. The van der Waals surface area contributed by atoms with E-state index in [0.717, 1.165) is 11.8 Å². The highest BCUT2D eigenvalue weighted by Crippen LogP contribution is 2.26. The monoisotopic (exact) mass is 465 g/mol. The van der Waals surface area contributed by atoms with E-state index in [-0.39, 0.29) is 0 Å². The van der Waals surface area contributed by atoms with Crippen LogP contribution in [0.15, 0.2) is 0 Å². The minimum absolute atomic E-state index is 0.438. The molecule has 0 aromatic heterocycles. The number of ether oxygens (including phenoxy) is 1. The summed E-state index contributed by atoms with van der Waals surface area (Å²) < 4.78 is 6.56.